The largest absolute Gasteiger partial charge is 0.393 e. The lowest BCUT2D eigenvalue weighted by Gasteiger charge is -2.19. The zero-order valence-electron chi connectivity index (χ0n) is 6.66. The van der Waals surface area contributed by atoms with E-state index in [9.17, 15) is 5.11 Å². The van der Waals surface area contributed by atoms with Crippen LogP contribution in [-0.2, 0) is 5.60 Å². The van der Waals surface area contributed by atoms with Gasteiger partial charge >= 0.3 is 0 Å². The summed E-state index contributed by atoms with van der Waals surface area (Å²) in [6, 6.07) is 3.44. The normalized spacial score (nSPS) is 15.7. The maximum Gasteiger partial charge on any atom is 0.127 e. The predicted octanol–water partition coefficient (Wildman–Crippen LogP) is 1.04. The molecule has 1 aromatic rings. The van der Waals surface area contributed by atoms with Gasteiger partial charge in [0.05, 0.1) is 12.3 Å². The van der Waals surface area contributed by atoms with Crippen molar-refractivity contribution in [2.75, 3.05) is 6.61 Å². The van der Waals surface area contributed by atoms with E-state index in [0.717, 1.165) is 4.47 Å². The number of hydrogen-bond donors (Lipinski definition) is 2. The molecule has 2 N–H and O–H groups in total. The third-order valence-corrected chi connectivity index (χ3v) is 2.06. The van der Waals surface area contributed by atoms with E-state index in [2.05, 4.69) is 20.9 Å². The van der Waals surface area contributed by atoms with Crippen molar-refractivity contribution in [3.8, 4) is 0 Å². The first kappa shape index (κ1) is 9.64. The van der Waals surface area contributed by atoms with Crippen molar-refractivity contribution in [1.29, 1.82) is 0 Å². The van der Waals surface area contributed by atoms with Crippen LogP contribution in [0.3, 0.4) is 0 Å². The first-order valence-electron chi connectivity index (χ1n) is 3.51. The quantitative estimate of drug-likeness (QED) is 0.801. The number of aliphatic hydroxyl groups excluding tert-OH is 1. The first-order chi connectivity index (χ1) is 5.56. The molecule has 0 amide bonds. The van der Waals surface area contributed by atoms with Gasteiger partial charge in [-0.05, 0) is 35.0 Å². The van der Waals surface area contributed by atoms with Gasteiger partial charge in [-0.15, -0.1) is 0 Å². The van der Waals surface area contributed by atoms with Crippen molar-refractivity contribution < 1.29 is 10.2 Å². The average molecular weight is 232 g/mol. The number of rotatable bonds is 2. The summed E-state index contributed by atoms with van der Waals surface area (Å²) in [4.78, 5) is 3.96. The number of aromatic nitrogens is 1. The first-order valence-corrected chi connectivity index (χ1v) is 4.31. The van der Waals surface area contributed by atoms with Crippen LogP contribution in [0.5, 0.6) is 0 Å². The van der Waals surface area contributed by atoms with E-state index in [1.165, 1.54) is 6.92 Å². The lowest BCUT2D eigenvalue weighted by atomic mass is 10.0. The topological polar surface area (TPSA) is 53.4 Å². The molecule has 1 aromatic heterocycles. The van der Waals surface area contributed by atoms with Crippen molar-refractivity contribution in [3.63, 3.8) is 0 Å². The molecule has 0 aliphatic carbocycles. The summed E-state index contributed by atoms with van der Waals surface area (Å²) in [6.45, 7) is 1.19. The second-order valence-electron chi connectivity index (χ2n) is 2.79. The summed E-state index contributed by atoms with van der Waals surface area (Å²) < 4.78 is 0.847. The van der Waals surface area contributed by atoms with Gasteiger partial charge in [0.2, 0.25) is 0 Å². The third-order valence-electron chi connectivity index (χ3n) is 1.59. The molecule has 0 fully saturated rings. The van der Waals surface area contributed by atoms with Crippen LogP contribution in [0.1, 0.15) is 12.6 Å². The van der Waals surface area contributed by atoms with Gasteiger partial charge in [0.25, 0.3) is 0 Å². The number of aliphatic hydroxyl groups is 2. The van der Waals surface area contributed by atoms with Crippen molar-refractivity contribution in [2.24, 2.45) is 0 Å². The highest BCUT2D eigenvalue weighted by molar-refractivity contribution is 9.10. The van der Waals surface area contributed by atoms with Crippen molar-refractivity contribution in [3.05, 3.63) is 28.5 Å². The Morgan fingerprint density at radius 2 is 2.25 bits per heavy atom. The number of nitrogens with zero attached hydrogens (tertiary/aromatic N) is 1. The molecular formula is C8H10BrNO2. The Kier molecular flexibility index (Phi) is 2.82. The zero-order chi connectivity index (χ0) is 9.19. The molecule has 0 radical (unpaired) electrons. The molecule has 0 saturated carbocycles. The van der Waals surface area contributed by atoms with E-state index in [1.807, 2.05) is 0 Å². The maximum absolute atomic E-state index is 9.56. The second kappa shape index (κ2) is 3.51. The van der Waals surface area contributed by atoms with Gasteiger partial charge in [-0.2, -0.15) is 0 Å². The van der Waals surface area contributed by atoms with Crippen LogP contribution in [-0.4, -0.2) is 21.8 Å². The Hall–Kier alpha value is -0.450. The number of pyridine rings is 1. The van der Waals surface area contributed by atoms with Gasteiger partial charge in [0.15, 0.2) is 0 Å². The van der Waals surface area contributed by atoms with Gasteiger partial charge < -0.3 is 10.2 Å². The highest BCUT2D eigenvalue weighted by Crippen LogP contribution is 2.18. The lowest BCUT2D eigenvalue weighted by molar-refractivity contribution is -0.00586. The van der Waals surface area contributed by atoms with Crippen LogP contribution in [0.15, 0.2) is 22.8 Å². The zero-order valence-corrected chi connectivity index (χ0v) is 8.24. The van der Waals surface area contributed by atoms with Gasteiger partial charge in [-0.1, -0.05) is 0 Å². The summed E-state index contributed by atoms with van der Waals surface area (Å²) >= 11 is 3.23. The summed E-state index contributed by atoms with van der Waals surface area (Å²) in [6.07, 6.45) is 1.58. The van der Waals surface area contributed by atoms with Crippen molar-refractivity contribution in [1.82, 2.24) is 4.98 Å². The van der Waals surface area contributed by atoms with Crippen molar-refractivity contribution in [2.45, 2.75) is 12.5 Å². The Labute approximate surface area is 79.2 Å². The number of hydrogen-bond acceptors (Lipinski definition) is 3. The molecule has 1 atom stereocenters. The van der Waals surface area contributed by atoms with E-state index in [0.29, 0.717) is 5.69 Å². The molecule has 0 saturated heterocycles. The fourth-order valence-electron chi connectivity index (χ4n) is 0.775. The maximum atomic E-state index is 9.56. The highest BCUT2D eigenvalue weighted by Gasteiger charge is 2.22. The van der Waals surface area contributed by atoms with E-state index in [-0.39, 0.29) is 6.61 Å². The second-order valence-corrected chi connectivity index (χ2v) is 3.71. The minimum Gasteiger partial charge on any atom is -0.393 e. The fourth-order valence-corrected chi connectivity index (χ4v) is 1.01. The SMILES string of the molecule is CC(O)(CO)c1ccc(Br)cn1. The summed E-state index contributed by atoms with van der Waals surface area (Å²) in [5, 5.41) is 18.4. The monoisotopic (exact) mass is 231 g/mol. The molecule has 1 unspecified atom stereocenters. The van der Waals surface area contributed by atoms with E-state index in [4.69, 9.17) is 5.11 Å². The molecule has 4 heteroatoms. The van der Waals surface area contributed by atoms with Gasteiger partial charge in [0.1, 0.15) is 5.60 Å². The third kappa shape index (κ3) is 2.03. The Bertz CT molecular complexity index is 258. The molecule has 1 heterocycles. The Morgan fingerprint density at radius 3 is 2.67 bits per heavy atom. The smallest absolute Gasteiger partial charge is 0.127 e. The minimum atomic E-state index is -1.25. The molecule has 1 rings (SSSR count). The van der Waals surface area contributed by atoms with Crippen LogP contribution in [0.25, 0.3) is 0 Å². The number of halogens is 1. The van der Waals surface area contributed by atoms with Gasteiger partial charge in [0, 0.05) is 10.7 Å². The van der Waals surface area contributed by atoms with Crippen LogP contribution in [0, 0.1) is 0 Å². The standard InChI is InChI=1S/C8H10BrNO2/c1-8(12,5-11)7-3-2-6(9)4-10-7/h2-4,11-12H,5H2,1H3. The molecular weight excluding hydrogens is 222 g/mol. The highest BCUT2D eigenvalue weighted by atomic mass is 79.9. The van der Waals surface area contributed by atoms with E-state index in [1.54, 1.807) is 18.3 Å². The van der Waals surface area contributed by atoms with Crippen LogP contribution in [0.4, 0.5) is 0 Å². The average Bonchev–Trinajstić information content (AvgIpc) is 2.05. The van der Waals surface area contributed by atoms with Gasteiger partial charge in [-0.3, -0.25) is 4.98 Å². The molecule has 0 aromatic carbocycles. The van der Waals surface area contributed by atoms with Crippen LogP contribution >= 0.6 is 15.9 Å². The summed E-state index contributed by atoms with van der Waals surface area (Å²) in [7, 11) is 0. The minimum absolute atomic E-state index is 0.332. The van der Waals surface area contributed by atoms with E-state index < -0.39 is 5.60 Å². The summed E-state index contributed by atoms with van der Waals surface area (Å²) in [5.41, 5.74) is -0.783. The molecule has 3 nitrogen and oxygen atoms in total. The molecule has 0 aliphatic rings. The Morgan fingerprint density at radius 1 is 1.58 bits per heavy atom. The van der Waals surface area contributed by atoms with Crippen LogP contribution < -0.4 is 0 Å². The van der Waals surface area contributed by atoms with Gasteiger partial charge in [-0.25, -0.2) is 0 Å². The molecule has 0 aliphatic heterocycles. The Balaban J connectivity index is 2.96. The summed E-state index contributed by atoms with van der Waals surface area (Å²) in [5.74, 6) is 0. The molecule has 0 bridgehead atoms. The molecule has 0 spiro atoms. The molecule has 66 valence electrons. The van der Waals surface area contributed by atoms with Crippen molar-refractivity contribution >= 4 is 15.9 Å². The van der Waals surface area contributed by atoms with E-state index >= 15 is 0 Å². The predicted molar refractivity (Wildman–Crippen MR) is 48.6 cm³/mol. The van der Waals surface area contributed by atoms with Crippen LogP contribution in [0.2, 0.25) is 0 Å². The lowest BCUT2D eigenvalue weighted by Crippen LogP contribution is -2.26. The fraction of sp³-hybridized carbons (Fsp3) is 0.375. The molecule has 12 heavy (non-hydrogen) atoms.